The van der Waals surface area contributed by atoms with Gasteiger partial charge in [0, 0.05) is 5.02 Å². The number of rotatable bonds is 2. The van der Waals surface area contributed by atoms with Crippen molar-refractivity contribution in [2.45, 2.75) is 46.5 Å². The molecule has 1 heteroatoms. The molecular weight excluding hydrogens is 264 g/mol. The van der Waals surface area contributed by atoms with Gasteiger partial charge in [-0.25, -0.2) is 0 Å². The highest BCUT2D eigenvalue weighted by atomic mass is 35.5. The molecule has 0 heterocycles. The van der Waals surface area contributed by atoms with Crippen LogP contribution in [0.3, 0.4) is 0 Å². The second-order valence-electron chi connectivity index (χ2n) is 5.78. The van der Waals surface area contributed by atoms with Crippen LogP contribution in [0.5, 0.6) is 0 Å². The Morgan fingerprint density at radius 3 is 1.60 bits per heavy atom. The second kappa shape index (κ2) is 8.11. The average molecular weight is 289 g/mol. The number of halogens is 1. The summed E-state index contributed by atoms with van der Waals surface area (Å²) in [6, 6.07) is 16.6. The second-order valence-corrected chi connectivity index (χ2v) is 6.21. The Bertz CT molecular complexity index is 477. The molecular formula is C19H25Cl. The van der Waals surface area contributed by atoms with Gasteiger partial charge in [0.25, 0.3) is 0 Å². The normalized spacial score (nSPS) is 10.4. The standard InChI is InChI=1S/C10H14.C9H11Cl/c1-8(2)10-6-4-5-9(3)7-10;1-7(2)8-4-3-5-9(10)6-8/h4-8H,1-3H3;3-7H,1-2H3. The highest BCUT2D eigenvalue weighted by Crippen LogP contribution is 2.18. The minimum atomic E-state index is 0.568. The van der Waals surface area contributed by atoms with Crippen molar-refractivity contribution in [1.29, 1.82) is 0 Å². The molecule has 0 N–H and O–H groups in total. The minimum absolute atomic E-state index is 0.568. The summed E-state index contributed by atoms with van der Waals surface area (Å²) in [5, 5.41) is 0.825. The van der Waals surface area contributed by atoms with Crippen LogP contribution in [0.2, 0.25) is 5.02 Å². The van der Waals surface area contributed by atoms with Crippen LogP contribution in [-0.2, 0) is 0 Å². The third kappa shape index (κ3) is 5.79. The van der Waals surface area contributed by atoms with Gasteiger partial charge < -0.3 is 0 Å². The highest BCUT2D eigenvalue weighted by Gasteiger charge is 1.97. The Labute approximate surface area is 128 Å². The van der Waals surface area contributed by atoms with E-state index >= 15 is 0 Å². The van der Waals surface area contributed by atoms with Crippen LogP contribution in [0.15, 0.2) is 48.5 Å². The zero-order chi connectivity index (χ0) is 15.1. The molecule has 0 atom stereocenters. The molecule has 0 saturated heterocycles. The predicted octanol–water partition coefficient (Wildman–Crippen LogP) is 6.58. The van der Waals surface area contributed by atoms with E-state index in [1.807, 2.05) is 18.2 Å². The number of aryl methyl sites for hydroxylation is 1. The molecule has 20 heavy (non-hydrogen) atoms. The lowest BCUT2D eigenvalue weighted by Crippen LogP contribution is -1.86. The van der Waals surface area contributed by atoms with E-state index in [1.165, 1.54) is 16.7 Å². The third-order valence-electron chi connectivity index (χ3n) is 3.22. The average Bonchev–Trinajstić information content (AvgIpc) is 2.39. The molecule has 0 aliphatic heterocycles. The molecule has 2 rings (SSSR count). The molecule has 0 fully saturated rings. The summed E-state index contributed by atoms with van der Waals surface area (Å²) >= 11 is 5.79. The van der Waals surface area contributed by atoms with Gasteiger partial charge in [0.1, 0.15) is 0 Å². The van der Waals surface area contributed by atoms with E-state index < -0.39 is 0 Å². The Balaban J connectivity index is 0.000000200. The summed E-state index contributed by atoms with van der Waals surface area (Å²) < 4.78 is 0. The molecule has 0 nitrogen and oxygen atoms in total. The van der Waals surface area contributed by atoms with Crippen LogP contribution in [0.25, 0.3) is 0 Å². The van der Waals surface area contributed by atoms with Gasteiger partial charge in [-0.1, -0.05) is 81.3 Å². The zero-order valence-electron chi connectivity index (χ0n) is 13.2. The van der Waals surface area contributed by atoms with E-state index in [9.17, 15) is 0 Å². The molecule has 0 spiro atoms. The van der Waals surface area contributed by atoms with Crippen molar-refractivity contribution in [2.24, 2.45) is 0 Å². The van der Waals surface area contributed by atoms with Gasteiger partial charge in [-0.2, -0.15) is 0 Å². The molecule has 0 radical (unpaired) electrons. The first-order valence-corrected chi connectivity index (χ1v) is 7.60. The van der Waals surface area contributed by atoms with Crippen LogP contribution < -0.4 is 0 Å². The minimum Gasteiger partial charge on any atom is -0.0843 e. The quantitative estimate of drug-likeness (QED) is 0.585. The Hall–Kier alpha value is -1.27. The van der Waals surface area contributed by atoms with Crippen molar-refractivity contribution in [1.82, 2.24) is 0 Å². The van der Waals surface area contributed by atoms with E-state index in [0.717, 1.165) is 5.02 Å². The van der Waals surface area contributed by atoms with Gasteiger partial charge in [0.2, 0.25) is 0 Å². The van der Waals surface area contributed by atoms with Gasteiger partial charge in [-0.15, -0.1) is 0 Å². The predicted molar refractivity (Wildman–Crippen MR) is 90.8 cm³/mol. The van der Waals surface area contributed by atoms with Crippen LogP contribution in [0, 0.1) is 6.92 Å². The topological polar surface area (TPSA) is 0 Å². The van der Waals surface area contributed by atoms with Gasteiger partial charge in [0.05, 0.1) is 0 Å². The Kier molecular flexibility index (Phi) is 6.81. The van der Waals surface area contributed by atoms with Crippen LogP contribution >= 0.6 is 11.6 Å². The fourth-order valence-corrected chi connectivity index (χ4v) is 2.09. The fraction of sp³-hybridized carbons (Fsp3) is 0.368. The number of hydrogen-bond donors (Lipinski definition) is 0. The van der Waals surface area contributed by atoms with E-state index in [0.29, 0.717) is 11.8 Å². The molecule has 0 saturated carbocycles. The summed E-state index contributed by atoms with van der Waals surface area (Å²) in [4.78, 5) is 0. The third-order valence-corrected chi connectivity index (χ3v) is 3.46. The maximum absolute atomic E-state index is 5.79. The van der Waals surface area contributed by atoms with Crippen LogP contribution in [-0.4, -0.2) is 0 Å². The van der Waals surface area contributed by atoms with Gasteiger partial charge in [-0.3, -0.25) is 0 Å². The molecule has 0 aliphatic carbocycles. The smallest absolute Gasteiger partial charge is 0.0408 e. The fourth-order valence-electron chi connectivity index (χ4n) is 1.89. The Morgan fingerprint density at radius 1 is 0.750 bits per heavy atom. The summed E-state index contributed by atoms with van der Waals surface area (Å²) in [6.07, 6.45) is 0. The molecule has 0 amide bonds. The molecule has 2 aromatic rings. The first-order chi connectivity index (χ1) is 9.40. The molecule has 0 aromatic heterocycles. The van der Waals surface area contributed by atoms with Gasteiger partial charge in [0.15, 0.2) is 0 Å². The number of benzene rings is 2. The lowest BCUT2D eigenvalue weighted by molar-refractivity contribution is 0.865. The summed E-state index contributed by atoms with van der Waals surface area (Å²) in [7, 11) is 0. The van der Waals surface area contributed by atoms with Crippen molar-refractivity contribution < 1.29 is 0 Å². The lowest BCUT2D eigenvalue weighted by Gasteiger charge is -2.04. The first-order valence-electron chi connectivity index (χ1n) is 7.22. The Morgan fingerprint density at radius 2 is 1.25 bits per heavy atom. The van der Waals surface area contributed by atoms with Crippen molar-refractivity contribution in [3.05, 3.63) is 70.2 Å². The molecule has 2 aromatic carbocycles. The summed E-state index contributed by atoms with van der Waals surface area (Å²) in [5.41, 5.74) is 4.08. The van der Waals surface area contributed by atoms with E-state index in [1.54, 1.807) is 0 Å². The van der Waals surface area contributed by atoms with Crippen LogP contribution in [0.1, 0.15) is 56.2 Å². The summed E-state index contributed by atoms with van der Waals surface area (Å²) in [5.74, 6) is 1.22. The van der Waals surface area contributed by atoms with Gasteiger partial charge in [-0.05, 0) is 42.0 Å². The van der Waals surface area contributed by atoms with Crippen molar-refractivity contribution in [3.63, 3.8) is 0 Å². The molecule has 0 bridgehead atoms. The largest absolute Gasteiger partial charge is 0.0843 e. The van der Waals surface area contributed by atoms with E-state index in [-0.39, 0.29) is 0 Å². The monoisotopic (exact) mass is 288 g/mol. The van der Waals surface area contributed by atoms with E-state index in [4.69, 9.17) is 11.6 Å². The molecule has 108 valence electrons. The maximum Gasteiger partial charge on any atom is 0.0408 e. The zero-order valence-corrected chi connectivity index (χ0v) is 13.9. The maximum atomic E-state index is 5.79. The van der Waals surface area contributed by atoms with Crippen molar-refractivity contribution in [2.75, 3.05) is 0 Å². The lowest BCUT2D eigenvalue weighted by atomic mass is 10.0. The molecule has 0 aliphatic rings. The number of hydrogen-bond acceptors (Lipinski definition) is 0. The van der Waals surface area contributed by atoms with Crippen LogP contribution in [0.4, 0.5) is 0 Å². The van der Waals surface area contributed by atoms with Crippen molar-refractivity contribution in [3.8, 4) is 0 Å². The van der Waals surface area contributed by atoms with Crippen molar-refractivity contribution >= 4 is 11.6 Å². The first kappa shape index (κ1) is 16.8. The molecule has 0 unspecified atom stereocenters. The highest BCUT2D eigenvalue weighted by molar-refractivity contribution is 6.30. The SMILES string of the molecule is CC(C)c1cccc(Cl)c1.Cc1cccc(C(C)C)c1. The van der Waals surface area contributed by atoms with Gasteiger partial charge >= 0.3 is 0 Å². The van der Waals surface area contributed by atoms with E-state index in [2.05, 4.69) is 65.0 Å². The summed E-state index contributed by atoms with van der Waals surface area (Å²) in [6.45, 7) is 10.9.